The first-order valence-electron chi connectivity index (χ1n) is 2.08. The van der Waals surface area contributed by atoms with Crippen molar-refractivity contribution in [1.82, 2.24) is 0 Å². The van der Waals surface area contributed by atoms with E-state index in [1.807, 2.05) is 0 Å². The number of carboxylic acid groups (broad SMARTS) is 1. The average molecular weight is 212 g/mol. The number of carboxylic acids is 1. The van der Waals surface area contributed by atoms with Crippen molar-refractivity contribution in [2.75, 3.05) is 0 Å². The third kappa shape index (κ3) is 1.05. The summed E-state index contributed by atoms with van der Waals surface area (Å²) in [5.41, 5.74) is 0. The normalized spacial score (nSPS) is 37.9. The zero-order valence-corrected chi connectivity index (χ0v) is 5.75. The molecule has 0 bridgehead atoms. The summed E-state index contributed by atoms with van der Waals surface area (Å²) in [7, 11) is 0. The van der Waals surface area contributed by atoms with Crippen molar-refractivity contribution in [3.63, 3.8) is 0 Å². The van der Waals surface area contributed by atoms with E-state index in [2.05, 4.69) is 22.6 Å². The number of aliphatic carboxylic acids is 1. The molecule has 1 aliphatic rings. The Hall–Kier alpha value is 0.200. The van der Waals surface area contributed by atoms with Crippen LogP contribution in [0.1, 0.15) is 6.42 Å². The number of alkyl halides is 1. The molecule has 0 aliphatic heterocycles. The van der Waals surface area contributed by atoms with Crippen LogP contribution in [-0.2, 0) is 4.79 Å². The minimum absolute atomic E-state index is 0.0272. The second-order valence-corrected chi connectivity index (χ2v) is 3.30. The van der Waals surface area contributed by atoms with E-state index >= 15 is 0 Å². The number of halogens is 1. The number of hydrogen-bond donors (Lipinski definition) is 1. The Bertz CT molecular complexity index is 102. The molecular weight excluding hydrogens is 207 g/mol. The minimum atomic E-state index is -0.639. The minimum Gasteiger partial charge on any atom is -0.481 e. The Balaban J connectivity index is 2.33. The summed E-state index contributed by atoms with van der Waals surface area (Å²) in [6, 6.07) is 0. The molecule has 1 aliphatic carbocycles. The number of hydrogen-bond acceptors (Lipinski definition) is 1. The van der Waals surface area contributed by atoms with Gasteiger partial charge >= 0.3 is 5.97 Å². The van der Waals surface area contributed by atoms with Crippen LogP contribution in [-0.4, -0.2) is 15.0 Å². The maximum atomic E-state index is 9.97. The molecule has 1 saturated carbocycles. The molecule has 0 radical (unpaired) electrons. The van der Waals surface area contributed by atoms with Crippen LogP contribution in [0.5, 0.6) is 0 Å². The zero-order chi connectivity index (χ0) is 5.44. The Morgan fingerprint density at radius 2 is 2.29 bits per heavy atom. The molecular formula is C4H5IO2. The van der Waals surface area contributed by atoms with Crippen LogP contribution in [0.15, 0.2) is 0 Å². The van der Waals surface area contributed by atoms with E-state index in [0.29, 0.717) is 3.92 Å². The summed E-state index contributed by atoms with van der Waals surface area (Å²) in [6.07, 6.45) is 0.871. The monoisotopic (exact) mass is 212 g/mol. The molecule has 1 fully saturated rings. The summed E-state index contributed by atoms with van der Waals surface area (Å²) in [5, 5.41) is 8.22. The summed E-state index contributed by atoms with van der Waals surface area (Å²) >= 11 is 2.15. The lowest BCUT2D eigenvalue weighted by molar-refractivity contribution is -0.138. The molecule has 2 atom stereocenters. The van der Waals surface area contributed by atoms with E-state index in [9.17, 15) is 4.79 Å². The highest BCUT2D eigenvalue weighted by atomic mass is 127. The second kappa shape index (κ2) is 1.61. The van der Waals surface area contributed by atoms with Crippen LogP contribution in [0.4, 0.5) is 0 Å². The SMILES string of the molecule is O=C(O)[C@@H]1C[C@@H]1I. The summed E-state index contributed by atoms with van der Waals surface area (Å²) < 4.78 is 0.412. The molecule has 40 valence electrons. The Labute approximate surface area is 55.0 Å². The first-order valence-corrected chi connectivity index (χ1v) is 3.33. The molecule has 0 aromatic heterocycles. The van der Waals surface area contributed by atoms with Crippen molar-refractivity contribution >= 4 is 28.6 Å². The van der Waals surface area contributed by atoms with Crippen molar-refractivity contribution in [2.24, 2.45) is 5.92 Å². The van der Waals surface area contributed by atoms with Crippen LogP contribution >= 0.6 is 22.6 Å². The van der Waals surface area contributed by atoms with E-state index in [4.69, 9.17) is 5.11 Å². The standard InChI is InChI=1S/C4H5IO2/c5-3-1-2(3)4(6)7/h2-3H,1H2,(H,6,7)/t2-,3+/m1/s1. The molecule has 1 N–H and O–H groups in total. The fourth-order valence-electron chi connectivity index (χ4n) is 0.420. The molecule has 2 nitrogen and oxygen atoms in total. The van der Waals surface area contributed by atoms with E-state index in [1.54, 1.807) is 0 Å². The van der Waals surface area contributed by atoms with E-state index in [-0.39, 0.29) is 5.92 Å². The first-order chi connectivity index (χ1) is 3.22. The van der Waals surface area contributed by atoms with Crippen molar-refractivity contribution < 1.29 is 9.90 Å². The largest absolute Gasteiger partial charge is 0.481 e. The predicted octanol–water partition coefficient (Wildman–Crippen LogP) is 0.895. The molecule has 0 unspecified atom stereocenters. The molecule has 0 heterocycles. The van der Waals surface area contributed by atoms with Crippen molar-refractivity contribution in [3.8, 4) is 0 Å². The highest BCUT2D eigenvalue weighted by molar-refractivity contribution is 14.1. The van der Waals surface area contributed by atoms with Gasteiger partial charge in [0, 0.05) is 3.92 Å². The Kier molecular flexibility index (Phi) is 1.23. The average Bonchev–Trinajstić information content (AvgIpc) is 2.17. The van der Waals surface area contributed by atoms with Crippen LogP contribution in [0.2, 0.25) is 0 Å². The number of carbonyl (C=O) groups is 1. The van der Waals surface area contributed by atoms with Gasteiger partial charge in [-0.3, -0.25) is 4.79 Å². The van der Waals surface area contributed by atoms with Gasteiger partial charge in [0.2, 0.25) is 0 Å². The van der Waals surface area contributed by atoms with E-state index in [0.717, 1.165) is 6.42 Å². The van der Waals surface area contributed by atoms with Crippen LogP contribution in [0.3, 0.4) is 0 Å². The zero-order valence-electron chi connectivity index (χ0n) is 3.60. The van der Waals surface area contributed by atoms with Crippen molar-refractivity contribution in [2.45, 2.75) is 10.3 Å². The van der Waals surface area contributed by atoms with Gasteiger partial charge in [-0.25, -0.2) is 0 Å². The predicted molar refractivity (Wildman–Crippen MR) is 33.6 cm³/mol. The number of rotatable bonds is 1. The lowest BCUT2D eigenvalue weighted by atomic mass is 10.5. The van der Waals surface area contributed by atoms with Crippen molar-refractivity contribution in [3.05, 3.63) is 0 Å². The van der Waals surface area contributed by atoms with Gasteiger partial charge in [-0.15, -0.1) is 0 Å². The first kappa shape index (κ1) is 5.34. The second-order valence-electron chi connectivity index (χ2n) is 1.70. The van der Waals surface area contributed by atoms with Crippen LogP contribution < -0.4 is 0 Å². The molecule has 3 heteroatoms. The molecule has 0 spiro atoms. The topological polar surface area (TPSA) is 37.3 Å². The maximum Gasteiger partial charge on any atom is 0.307 e. The van der Waals surface area contributed by atoms with Crippen LogP contribution in [0, 0.1) is 5.92 Å². The molecule has 0 aromatic carbocycles. The fraction of sp³-hybridized carbons (Fsp3) is 0.750. The smallest absolute Gasteiger partial charge is 0.307 e. The highest BCUT2D eigenvalue weighted by Gasteiger charge is 2.40. The summed E-state index contributed by atoms with van der Waals surface area (Å²) in [5.74, 6) is -0.667. The molecule has 0 saturated heterocycles. The lowest BCUT2D eigenvalue weighted by Gasteiger charge is -1.78. The highest BCUT2D eigenvalue weighted by Crippen LogP contribution is 2.37. The van der Waals surface area contributed by atoms with Gasteiger partial charge in [-0.2, -0.15) is 0 Å². The van der Waals surface area contributed by atoms with Gasteiger partial charge in [0.05, 0.1) is 5.92 Å². The Morgan fingerprint density at radius 1 is 1.86 bits per heavy atom. The Morgan fingerprint density at radius 3 is 2.29 bits per heavy atom. The van der Waals surface area contributed by atoms with Gasteiger partial charge < -0.3 is 5.11 Å². The summed E-state index contributed by atoms with van der Waals surface area (Å²) in [6.45, 7) is 0. The molecule has 0 aromatic rings. The third-order valence-electron chi connectivity index (χ3n) is 1.03. The van der Waals surface area contributed by atoms with Crippen molar-refractivity contribution in [1.29, 1.82) is 0 Å². The van der Waals surface area contributed by atoms with Crippen LogP contribution in [0.25, 0.3) is 0 Å². The van der Waals surface area contributed by atoms with Gasteiger partial charge in [0.1, 0.15) is 0 Å². The van der Waals surface area contributed by atoms with E-state index in [1.165, 1.54) is 0 Å². The lowest BCUT2D eigenvalue weighted by Crippen LogP contribution is -1.97. The van der Waals surface area contributed by atoms with Gasteiger partial charge in [0.15, 0.2) is 0 Å². The maximum absolute atomic E-state index is 9.97. The van der Waals surface area contributed by atoms with Gasteiger partial charge in [-0.1, -0.05) is 22.6 Å². The quantitative estimate of drug-likeness (QED) is 0.517. The van der Waals surface area contributed by atoms with Gasteiger partial charge in [-0.05, 0) is 6.42 Å². The molecule has 7 heavy (non-hydrogen) atoms. The molecule has 1 rings (SSSR count). The van der Waals surface area contributed by atoms with E-state index < -0.39 is 5.97 Å². The summed E-state index contributed by atoms with van der Waals surface area (Å²) in [4.78, 5) is 9.97. The fourth-order valence-corrected chi connectivity index (χ4v) is 1.28. The van der Waals surface area contributed by atoms with Gasteiger partial charge in [0.25, 0.3) is 0 Å². The molecule has 0 amide bonds. The third-order valence-corrected chi connectivity index (χ3v) is 2.41.